The Balaban J connectivity index is 1.06. The molecular weight excluding hydrogens is 1450 g/mol. The number of amides is 11. The molecule has 1 aliphatic rings. The van der Waals surface area contributed by atoms with Gasteiger partial charge in [0.05, 0.1) is 38.1 Å². The first-order valence-electron chi connectivity index (χ1n) is 35.6. The lowest BCUT2D eigenvalue weighted by atomic mass is 9.90. The van der Waals surface area contributed by atoms with E-state index in [-0.39, 0.29) is 43.5 Å². The van der Waals surface area contributed by atoms with Gasteiger partial charge in [0.25, 0.3) is 5.91 Å². The Bertz CT molecular complexity index is 4370. The number of halogens is 1. The van der Waals surface area contributed by atoms with Gasteiger partial charge in [-0.15, -0.1) is 0 Å². The van der Waals surface area contributed by atoms with E-state index >= 15 is 4.39 Å². The lowest BCUT2D eigenvalue weighted by molar-refractivity contribution is -0.151. The number of nitrogens with zero attached hydrogens (tertiary/aromatic N) is 3. The normalized spacial score (nSPS) is 16.5. The third kappa shape index (κ3) is 23.5. The lowest BCUT2D eigenvalue weighted by Crippen LogP contribution is -2.67. The van der Waals surface area contributed by atoms with Gasteiger partial charge in [-0.25, -0.2) is 9.37 Å². The first kappa shape index (κ1) is 86.2. The third-order valence-electron chi connectivity index (χ3n) is 18.9. The molecule has 0 radical (unpaired) electrons. The molecule has 0 unspecified atom stereocenters. The fourth-order valence-electron chi connectivity index (χ4n) is 12.7. The Morgan fingerprint density at radius 1 is 0.658 bits per heavy atom. The van der Waals surface area contributed by atoms with Crippen molar-refractivity contribution in [3.05, 3.63) is 161 Å². The van der Waals surface area contributed by atoms with Gasteiger partial charge in [-0.05, 0) is 135 Å². The molecule has 0 aliphatic carbocycles. The number of hydrogen-bond donors (Lipinski definition) is 18. The van der Waals surface area contributed by atoms with Crippen molar-refractivity contribution in [3.8, 4) is 28.0 Å². The number of nitrogens with one attached hydrogen (secondary N) is 10. The van der Waals surface area contributed by atoms with E-state index in [0.717, 1.165) is 54.0 Å². The highest BCUT2D eigenvalue weighted by Gasteiger charge is 2.49. The Labute approximate surface area is 636 Å². The number of nitrogens with two attached hydrogens (primary N) is 1. The number of aliphatic hydroxyl groups excluding tert-OH is 4. The van der Waals surface area contributed by atoms with E-state index in [1.165, 1.54) is 49.9 Å². The van der Waals surface area contributed by atoms with Gasteiger partial charge in [0, 0.05) is 62.9 Å². The summed E-state index contributed by atoms with van der Waals surface area (Å²) in [6, 6.07) is 12.4. The van der Waals surface area contributed by atoms with Crippen LogP contribution in [0.5, 0.6) is 5.75 Å². The zero-order chi connectivity index (χ0) is 81.6. The zero-order valence-electron chi connectivity index (χ0n) is 61.7. The molecule has 0 bridgehead atoms. The Morgan fingerprint density at radius 3 is 1.93 bits per heavy atom. The quantitative estimate of drug-likeness (QED) is 0.0216. The van der Waals surface area contributed by atoms with Crippen LogP contribution in [0.3, 0.4) is 0 Å². The number of rotatable bonds is 39. The molecule has 11 amide bonds. The van der Waals surface area contributed by atoms with Crippen molar-refractivity contribution >= 4 is 76.9 Å². The monoisotopic (exact) mass is 1540 g/mol. The number of aryl methyl sites for hydroxylation is 2. The highest BCUT2D eigenvalue weighted by Crippen LogP contribution is 2.32. The number of aromatic amines is 1. The van der Waals surface area contributed by atoms with Gasteiger partial charge in [-0.2, -0.15) is 0 Å². The van der Waals surface area contributed by atoms with Crippen LogP contribution in [0.2, 0.25) is 0 Å². The maximum atomic E-state index is 15.5. The van der Waals surface area contributed by atoms with Crippen molar-refractivity contribution < 1.29 is 102 Å². The molecule has 1 fully saturated rings. The van der Waals surface area contributed by atoms with Crippen LogP contribution in [0.4, 0.5) is 4.39 Å². The van der Waals surface area contributed by atoms with Crippen molar-refractivity contribution in [2.24, 2.45) is 5.73 Å². The summed E-state index contributed by atoms with van der Waals surface area (Å²) in [5.41, 5.74) is 7.59. The number of aromatic nitrogens is 3. The van der Waals surface area contributed by atoms with Crippen molar-refractivity contribution in [3.63, 3.8) is 0 Å². The van der Waals surface area contributed by atoms with Crippen LogP contribution in [0.15, 0.2) is 122 Å². The molecule has 594 valence electrons. The fourth-order valence-corrected chi connectivity index (χ4v) is 12.7. The van der Waals surface area contributed by atoms with E-state index in [2.05, 4.69) is 62.8 Å². The first-order valence-corrected chi connectivity index (χ1v) is 35.6. The van der Waals surface area contributed by atoms with Gasteiger partial charge >= 0.3 is 11.9 Å². The van der Waals surface area contributed by atoms with E-state index in [0.29, 0.717) is 40.8 Å². The minimum atomic E-state index is -2.44. The second-order valence-electron chi connectivity index (χ2n) is 27.5. The molecule has 1 saturated heterocycles. The Hall–Kier alpha value is -12.1. The van der Waals surface area contributed by atoms with Crippen LogP contribution in [0, 0.1) is 12.7 Å². The predicted molar refractivity (Wildman–Crippen MR) is 394 cm³/mol. The zero-order valence-corrected chi connectivity index (χ0v) is 61.7. The molecule has 34 nitrogen and oxygen atoms in total. The highest BCUT2D eigenvalue weighted by atomic mass is 19.1. The largest absolute Gasteiger partial charge is 0.508 e. The van der Waals surface area contributed by atoms with E-state index in [1.54, 1.807) is 48.7 Å². The Morgan fingerprint density at radius 2 is 1.30 bits per heavy atom. The third-order valence-corrected chi connectivity index (χ3v) is 18.9. The first-order chi connectivity index (χ1) is 52.6. The van der Waals surface area contributed by atoms with Crippen molar-refractivity contribution in [1.29, 1.82) is 0 Å². The Kier molecular flexibility index (Phi) is 30.5. The number of aliphatic carboxylic acids is 2. The number of phenols is 1. The summed E-state index contributed by atoms with van der Waals surface area (Å²) < 4.78 is 15.5. The van der Waals surface area contributed by atoms with Crippen molar-refractivity contribution in [2.45, 2.75) is 177 Å². The lowest BCUT2D eigenvalue weighted by Gasteiger charge is -2.36. The summed E-state index contributed by atoms with van der Waals surface area (Å²) in [5.74, 6) is -16.8. The smallest absolute Gasteiger partial charge is 0.305 e. The van der Waals surface area contributed by atoms with Gasteiger partial charge in [-0.1, -0.05) is 79.7 Å². The molecule has 111 heavy (non-hydrogen) atoms. The summed E-state index contributed by atoms with van der Waals surface area (Å²) >= 11 is 0. The van der Waals surface area contributed by atoms with Crippen molar-refractivity contribution in [2.75, 3.05) is 19.7 Å². The number of hydrogen-bond acceptors (Lipinski definition) is 20. The van der Waals surface area contributed by atoms with Crippen LogP contribution in [-0.2, 0) is 94.4 Å². The second-order valence-corrected chi connectivity index (χ2v) is 27.5. The van der Waals surface area contributed by atoms with Gasteiger partial charge in [-0.3, -0.25) is 67.3 Å². The number of imidazole rings is 1. The number of carboxylic acids is 2. The number of carbonyl (C=O) groups is 13. The molecule has 1 aliphatic heterocycles. The summed E-state index contributed by atoms with van der Waals surface area (Å²) in [6.07, 6.45) is -2.51. The van der Waals surface area contributed by atoms with Crippen LogP contribution >= 0.6 is 0 Å². The highest BCUT2D eigenvalue weighted by molar-refractivity contribution is 6.01. The van der Waals surface area contributed by atoms with Crippen LogP contribution in [-0.4, -0.2) is 224 Å². The average molecular weight is 1540 g/mol. The molecule has 6 aromatic rings. The standard InChI is InChI=1S/C76H93FN14O20/c1-7-44-30-49(95)21-22-51(44)45-19-17-43(18-20-45)29-56(67(104)83-55(65(78)102)31-47-35-79-27-25-52(47)50-15-10-8-13-40(50)2)84-68(105)57(33-62(100)101)85-69(106)58(38-92)86-70(107)63(41(3)93)89-73(110)75(5,34-46-14-9-11-16-53(46)77)90-71(108)64(42(4)94)88-60(97)37-81-66(103)54(23-24-61(98)99)87-74(111)76(6)26-12-28-91(76)72(109)59(96)32-48-36-80-39-82-48/h8-11,13-22,25,27,30,35-36,39,41-42,54-59,63-64,92-96H,7,12,23-24,26,28-29,31-34,37-38H2,1-6H3,(H2,78,102)(H,80,82)(H,81,103)(H,83,104)(H,84,105)(H,85,106)(H,86,107)(H,87,111)(H,88,97)(H,89,110)(H,90,108)(H,98,99)(H,100,101)/t41-,42-,54+,55+,56+,57+,58+,59+,63+,64+,75-,76+/m1/s1. The topological polar surface area (TPSA) is 543 Å². The fraction of sp³-hybridized carbons (Fsp3) is 0.408. The van der Waals surface area contributed by atoms with E-state index in [9.17, 15) is 98.1 Å². The number of aromatic hydroxyl groups is 1. The predicted octanol–water partition coefficient (Wildman–Crippen LogP) is -1.17. The molecule has 3 heterocycles. The summed E-state index contributed by atoms with van der Waals surface area (Å²) in [4.78, 5) is 191. The molecule has 0 saturated carbocycles. The summed E-state index contributed by atoms with van der Waals surface area (Å²) in [6.45, 7) is 5.97. The van der Waals surface area contributed by atoms with E-state index < -0.39 is 193 Å². The number of benzene rings is 4. The summed E-state index contributed by atoms with van der Waals surface area (Å²) in [5, 5.41) is 94.0. The minimum absolute atomic E-state index is 0.0378. The number of pyridine rings is 1. The number of phenolic OH excluding ortho intramolecular Hbond substituents is 1. The number of carbonyl (C=O) groups excluding carboxylic acids is 11. The van der Waals surface area contributed by atoms with Crippen LogP contribution < -0.4 is 53.6 Å². The summed E-state index contributed by atoms with van der Waals surface area (Å²) in [7, 11) is 0. The SMILES string of the molecule is CCc1cc(O)ccc1-c1ccc(C[C@H](NC(=O)[C@H](CC(=O)O)NC(=O)[C@H](CO)NC(=O)[C@@H](NC(=O)[C@@](C)(Cc2ccccc2F)NC(=O)[C@@H](NC(=O)CNC(=O)[C@H](CCC(=O)O)NC(=O)[C@]2(C)CCCN2C(=O)[C@@H](O)Cc2cnc[nH]2)[C@@H](C)O)[C@@H](C)O)C(=O)N[C@@H](Cc2cnccc2-c2ccccc2C)C(N)=O)cc1. The minimum Gasteiger partial charge on any atom is -0.508 e. The number of carboxylic acid groups (broad SMARTS) is 2. The molecule has 35 heteroatoms. The van der Waals surface area contributed by atoms with E-state index in [4.69, 9.17) is 5.73 Å². The molecule has 12 atom stereocenters. The molecular formula is C76H93FN14O20. The number of aliphatic hydroxyl groups is 4. The van der Waals surface area contributed by atoms with Gasteiger partial charge in [0.15, 0.2) is 0 Å². The number of H-pyrrole nitrogens is 1. The van der Waals surface area contributed by atoms with Crippen LogP contribution in [0.25, 0.3) is 22.3 Å². The number of primary amides is 1. The van der Waals surface area contributed by atoms with Crippen LogP contribution in [0.1, 0.15) is 100 Å². The van der Waals surface area contributed by atoms with Gasteiger partial charge in [0.1, 0.15) is 71.0 Å². The molecule has 19 N–H and O–H groups in total. The van der Waals surface area contributed by atoms with Gasteiger partial charge in [0.2, 0.25) is 59.1 Å². The molecule has 0 spiro atoms. The number of likely N-dealkylation sites (tertiary alicyclic amines) is 1. The van der Waals surface area contributed by atoms with Gasteiger partial charge < -0.3 is 99.2 Å². The molecule has 2 aromatic heterocycles. The second kappa shape index (κ2) is 39.3. The van der Waals surface area contributed by atoms with Crippen molar-refractivity contribution in [1.82, 2.24) is 67.7 Å². The van der Waals surface area contributed by atoms with E-state index in [1.807, 2.05) is 38.1 Å². The molecule has 7 rings (SSSR count). The average Bonchev–Trinajstić information content (AvgIpc) is 1.78. The maximum Gasteiger partial charge on any atom is 0.305 e. The maximum absolute atomic E-state index is 15.5. The molecule has 4 aromatic carbocycles.